The fourth-order valence-corrected chi connectivity index (χ4v) is 4.15. The third kappa shape index (κ3) is 6.18. The van der Waals surface area contributed by atoms with Gasteiger partial charge in [-0.1, -0.05) is 43.7 Å². The summed E-state index contributed by atoms with van der Waals surface area (Å²) in [4.78, 5) is 16.4. The first kappa shape index (κ1) is 18.5. The van der Waals surface area contributed by atoms with Crippen LogP contribution in [0.1, 0.15) is 70.6 Å². The average molecular weight is 365 g/mol. The van der Waals surface area contributed by atoms with E-state index in [2.05, 4.69) is 10.3 Å². The van der Waals surface area contributed by atoms with E-state index in [0.29, 0.717) is 23.4 Å². The number of carbonyl (C=O) groups excluding carboxylic acids is 1. The summed E-state index contributed by atoms with van der Waals surface area (Å²) in [6.45, 7) is 0. The molecule has 5 heteroatoms. The molecule has 0 atom stereocenters. The first-order chi connectivity index (χ1) is 12.2. The number of hydrogen-bond donors (Lipinski definition) is 1. The van der Waals surface area contributed by atoms with E-state index in [-0.39, 0.29) is 12.0 Å². The molecule has 2 saturated carbocycles. The van der Waals surface area contributed by atoms with Crippen molar-refractivity contribution < 1.29 is 9.53 Å². The van der Waals surface area contributed by atoms with Crippen molar-refractivity contribution in [2.45, 2.75) is 82.8 Å². The molecule has 1 N–H and O–H groups in total. The van der Waals surface area contributed by atoms with Gasteiger partial charge >= 0.3 is 0 Å². The van der Waals surface area contributed by atoms with E-state index >= 15 is 0 Å². The van der Waals surface area contributed by atoms with E-state index in [1.165, 1.54) is 32.1 Å². The standard InChI is InChI=1S/C20H29ClN2O2/c21-16-7-13-20(22-14-16)25-18-10-8-17(9-11-18)23-19(24)12-6-15-4-2-1-3-5-15/h7,13-15,17-18H,1-6,8-12H2,(H,23,24). The molecule has 1 aromatic heterocycles. The van der Waals surface area contributed by atoms with Crippen LogP contribution >= 0.6 is 11.6 Å². The average Bonchev–Trinajstić information content (AvgIpc) is 2.64. The molecule has 2 aliphatic carbocycles. The van der Waals surface area contributed by atoms with Crippen molar-refractivity contribution in [3.05, 3.63) is 23.4 Å². The Bertz CT molecular complexity index is 535. The number of nitrogens with one attached hydrogen (secondary N) is 1. The largest absolute Gasteiger partial charge is 0.474 e. The number of amides is 1. The van der Waals surface area contributed by atoms with Gasteiger partial charge in [0.1, 0.15) is 6.10 Å². The molecule has 0 radical (unpaired) electrons. The predicted octanol–water partition coefficient (Wildman–Crippen LogP) is 4.90. The lowest BCUT2D eigenvalue weighted by Crippen LogP contribution is -2.39. The zero-order valence-electron chi connectivity index (χ0n) is 14.9. The van der Waals surface area contributed by atoms with Crippen LogP contribution in [0.4, 0.5) is 0 Å². The summed E-state index contributed by atoms with van der Waals surface area (Å²) in [6, 6.07) is 3.90. The number of nitrogens with zero attached hydrogens (tertiary/aromatic N) is 1. The van der Waals surface area contributed by atoms with Crippen LogP contribution in [-0.2, 0) is 4.79 Å². The molecule has 25 heavy (non-hydrogen) atoms. The van der Waals surface area contributed by atoms with E-state index in [1.807, 2.05) is 6.07 Å². The molecule has 1 heterocycles. The minimum absolute atomic E-state index is 0.184. The molecule has 0 unspecified atom stereocenters. The molecule has 2 fully saturated rings. The summed E-state index contributed by atoms with van der Waals surface area (Å²) in [6.07, 6.45) is 14.1. The Morgan fingerprint density at radius 3 is 2.56 bits per heavy atom. The normalized spacial score (nSPS) is 24.7. The van der Waals surface area contributed by atoms with Crippen LogP contribution in [0.5, 0.6) is 5.88 Å². The van der Waals surface area contributed by atoms with Crippen molar-refractivity contribution in [2.75, 3.05) is 0 Å². The number of carbonyl (C=O) groups is 1. The first-order valence-corrected chi connectivity index (χ1v) is 10.1. The maximum Gasteiger partial charge on any atom is 0.220 e. The van der Waals surface area contributed by atoms with Crippen LogP contribution in [0.25, 0.3) is 0 Å². The Morgan fingerprint density at radius 2 is 1.88 bits per heavy atom. The molecule has 138 valence electrons. The number of halogens is 1. The number of rotatable bonds is 6. The maximum atomic E-state index is 12.2. The molecule has 2 aliphatic rings. The van der Waals surface area contributed by atoms with Gasteiger partial charge in [0.25, 0.3) is 0 Å². The van der Waals surface area contributed by atoms with Crippen molar-refractivity contribution in [1.82, 2.24) is 10.3 Å². The van der Waals surface area contributed by atoms with E-state index in [4.69, 9.17) is 16.3 Å². The van der Waals surface area contributed by atoms with Gasteiger partial charge in [-0.15, -0.1) is 0 Å². The van der Waals surface area contributed by atoms with E-state index in [9.17, 15) is 4.79 Å². The fourth-order valence-electron chi connectivity index (χ4n) is 4.04. The second-order valence-electron chi connectivity index (χ2n) is 7.52. The van der Waals surface area contributed by atoms with Crippen LogP contribution in [0.2, 0.25) is 5.02 Å². The molecule has 0 spiro atoms. The zero-order chi connectivity index (χ0) is 17.5. The molecule has 1 amide bonds. The number of hydrogen-bond acceptors (Lipinski definition) is 3. The lowest BCUT2D eigenvalue weighted by molar-refractivity contribution is -0.122. The molecule has 0 aromatic carbocycles. The summed E-state index contributed by atoms with van der Waals surface area (Å²) < 4.78 is 5.91. The summed E-state index contributed by atoms with van der Waals surface area (Å²) in [7, 11) is 0. The highest BCUT2D eigenvalue weighted by Crippen LogP contribution is 2.27. The smallest absolute Gasteiger partial charge is 0.220 e. The molecular weight excluding hydrogens is 336 g/mol. The maximum absolute atomic E-state index is 12.2. The lowest BCUT2D eigenvalue weighted by atomic mass is 9.86. The van der Waals surface area contributed by atoms with Crippen LogP contribution in [0, 0.1) is 5.92 Å². The van der Waals surface area contributed by atoms with Crippen LogP contribution in [0.15, 0.2) is 18.3 Å². The monoisotopic (exact) mass is 364 g/mol. The lowest BCUT2D eigenvalue weighted by Gasteiger charge is -2.29. The van der Waals surface area contributed by atoms with Crippen molar-refractivity contribution >= 4 is 17.5 Å². The number of aromatic nitrogens is 1. The highest BCUT2D eigenvalue weighted by atomic mass is 35.5. The number of pyridine rings is 1. The minimum atomic E-state index is 0.184. The second kappa shape index (κ2) is 9.42. The quantitative estimate of drug-likeness (QED) is 0.780. The molecule has 0 saturated heterocycles. The van der Waals surface area contributed by atoms with E-state index in [0.717, 1.165) is 38.0 Å². The molecule has 1 aromatic rings. The Labute approximate surface area is 155 Å². The number of ether oxygens (including phenoxy) is 1. The van der Waals surface area contributed by atoms with Crippen molar-refractivity contribution in [2.24, 2.45) is 5.92 Å². The van der Waals surface area contributed by atoms with Crippen molar-refractivity contribution in [1.29, 1.82) is 0 Å². The Balaban J connectivity index is 1.33. The SMILES string of the molecule is O=C(CCC1CCCCC1)NC1CCC(Oc2ccc(Cl)cn2)CC1. The van der Waals surface area contributed by atoms with Crippen molar-refractivity contribution in [3.63, 3.8) is 0 Å². The highest BCUT2D eigenvalue weighted by Gasteiger charge is 2.24. The van der Waals surface area contributed by atoms with Gasteiger partial charge in [0.15, 0.2) is 0 Å². The van der Waals surface area contributed by atoms with Gasteiger partial charge in [-0.25, -0.2) is 4.98 Å². The fraction of sp³-hybridized carbons (Fsp3) is 0.700. The predicted molar refractivity (Wildman–Crippen MR) is 99.9 cm³/mol. The van der Waals surface area contributed by atoms with Crippen molar-refractivity contribution in [3.8, 4) is 5.88 Å². The highest BCUT2D eigenvalue weighted by molar-refractivity contribution is 6.30. The topological polar surface area (TPSA) is 51.2 Å². The van der Waals surface area contributed by atoms with Crippen LogP contribution < -0.4 is 10.1 Å². The van der Waals surface area contributed by atoms with E-state index in [1.54, 1.807) is 12.3 Å². The van der Waals surface area contributed by atoms with Gasteiger partial charge in [-0.05, 0) is 44.1 Å². The van der Waals surface area contributed by atoms with Gasteiger partial charge in [-0.3, -0.25) is 4.79 Å². The Kier molecular flexibility index (Phi) is 6.97. The zero-order valence-corrected chi connectivity index (χ0v) is 15.6. The molecular formula is C20H29ClN2O2. The Morgan fingerprint density at radius 1 is 1.12 bits per heavy atom. The van der Waals surface area contributed by atoms with Gasteiger partial charge < -0.3 is 10.1 Å². The van der Waals surface area contributed by atoms with Gasteiger partial charge in [0, 0.05) is 24.7 Å². The summed E-state index contributed by atoms with van der Waals surface area (Å²) in [5.41, 5.74) is 0. The third-order valence-electron chi connectivity index (χ3n) is 5.53. The Hall–Kier alpha value is -1.29. The third-order valence-corrected chi connectivity index (χ3v) is 5.75. The van der Waals surface area contributed by atoms with Gasteiger partial charge in [0.2, 0.25) is 11.8 Å². The second-order valence-corrected chi connectivity index (χ2v) is 7.95. The van der Waals surface area contributed by atoms with Crippen LogP contribution in [-0.4, -0.2) is 23.0 Å². The van der Waals surface area contributed by atoms with E-state index < -0.39 is 0 Å². The van der Waals surface area contributed by atoms with Crippen LogP contribution in [0.3, 0.4) is 0 Å². The summed E-state index contributed by atoms with van der Waals surface area (Å²) in [5.74, 6) is 1.63. The summed E-state index contributed by atoms with van der Waals surface area (Å²) in [5, 5.41) is 3.84. The molecule has 4 nitrogen and oxygen atoms in total. The van der Waals surface area contributed by atoms with Gasteiger partial charge in [-0.2, -0.15) is 0 Å². The first-order valence-electron chi connectivity index (χ1n) is 9.76. The summed E-state index contributed by atoms with van der Waals surface area (Å²) >= 11 is 5.84. The van der Waals surface area contributed by atoms with Gasteiger partial charge in [0.05, 0.1) is 5.02 Å². The minimum Gasteiger partial charge on any atom is -0.474 e. The molecule has 0 aliphatic heterocycles. The molecule has 0 bridgehead atoms. The molecule has 3 rings (SSSR count).